The maximum atomic E-state index is 11.9. The number of fused-ring (bicyclic) bond motifs is 1. The van der Waals surface area contributed by atoms with Gasteiger partial charge in [0.05, 0.1) is 0 Å². The average molecular weight is 329 g/mol. The molecule has 1 aliphatic rings. The minimum absolute atomic E-state index is 0.0193. The molecule has 0 aromatic heterocycles. The Hall–Kier alpha value is -3.22. The van der Waals surface area contributed by atoms with Crippen LogP contribution in [0.4, 0.5) is 5.69 Å². The van der Waals surface area contributed by atoms with Crippen LogP contribution in [0.15, 0.2) is 36.4 Å². The molecule has 0 radical (unpaired) electrons. The summed E-state index contributed by atoms with van der Waals surface area (Å²) in [5, 5.41) is 12.4. The topological polar surface area (TPSA) is 94.1 Å². The second kappa shape index (κ2) is 6.49. The number of nitrogens with one attached hydrogen (secondary N) is 1. The van der Waals surface area contributed by atoms with E-state index >= 15 is 0 Å². The van der Waals surface area contributed by atoms with Crippen LogP contribution in [0.2, 0.25) is 0 Å². The van der Waals surface area contributed by atoms with Gasteiger partial charge in [-0.25, -0.2) is 4.79 Å². The molecule has 2 aromatic rings. The van der Waals surface area contributed by atoms with Gasteiger partial charge in [-0.1, -0.05) is 12.1 Å². The molecule has 7 heteroatoms. The Bertz CT molecular complexity index is 802. The molecule has 0 aliphatic carbocycles. The highest BCUT2D eigenvalue weighted by atomic mass is 16.7. The van der Waals surface area contributed by atoms with Crippen molar-refractivity contribution in [3.8, 4) is 17.2 Å². The largest absolute Gasteiger partial charge is 0.507 e. The summed E-state index contributed by atoms with van der Waals surface area (Å²) >= 11 is 0. The minimum Gasteiger partial charge on any atom is -0.507 e. The van der Waals surface area contributed by atoms with E-state index in [1.54, 1.807) is 37.3 Å². The molecular formula is C17H15NO6. The van der Waals surface area contributed by atoms with E-state index in [4.69, 9.17) is 14.2 Å². The van der Waals surface area contributed by atoms with Gasteiger partial charge in [-0.2, -0.15) is 0 Å². The Morgan fingerprint density at radius 3 is 2.83 bits per heavy atom. The number of hydrogen-bond acceptors (Lipinski definition) is 6. The van der Waals surface area contributed by atoms with E-state index in [0.717, 1.165) is 0 Å². The van der Waals surface area contributed by atoms with Crippen molar-refractivity contribution in [1.82, 2.24) is 0 Å². The molecule has 24 heavy (non-hydrogen) atoms. The number of esters is 1. The van der Waals surface area contributed by atoms with Crippen LogP contribution in [0, 0.1) is 6.92 Å². The Kier molecular flexibility index (Phi) is 4.24. The lowest BCUT2D eigenvalue weighted by atomic mass is 10.1. The van der Waals surface area contributed by atoms with Crippen LogP contribution >= 0.6 is 0 Å². The quantitative estimate of drug-likeness (QED) is 0.835. The monoisotopic (exact) mass is 329 g/mol. The molecule has 0 spiro atoms. The van der Waals surface area contributed by atoms with Crippen LogP contribution < -0.4 is 14.8 Å². The highest BCUT2D eigenvalue weighted by Crippen LogP contribution is 2.34. The molecule has 0 fully saturated rings. The van der Waals surface area contributed by atoms with E-state index in [-0.39, 0.29) is 18.1 Å². The first-order valence-corrected chi connectivity index (χ1v) is 7.20. The number of phenols is 1. The summed E-state index contributed by atoms with van der Waals surface area (Å²) in [6.07, 6.45) is 0. The second-order valence-corrected chi connectivity index (χ2v) is 5.16. The summed E-state index contributed by atoms with van der Waals surface area (Å²) in [7, 11) is 0. The van der Waals surface area contributed by atoms with E-state index in [0.29, 0.717) is 22.7 Å². The van der Waals surface area contributed by atoms with Crippen molar-refractivity contribution in [2.45, 2.75) is 6.92 Å². The Morgan fingerprint density at radius 2 is 2.00 bits per heavy atom. The lowest BCUT2D eigenvalue weighted by molar-refractivity contribution is -0.119. The molecule has 2 aromatic carbocycles. The normalized spacial score (nSPS) is 11.9. The fourth-order valence-corrected chi connectivity index (χ4v) is 2.20. The van der Waals surface area contributed by atoms with Crippen molar-refractivity contribution >= 4 is 17.6 Å². The number of hydrogen-bond donors (Lipinski definition) is 2. The molecule has 0 atom stereocenters. The van der Waals surface area contributed by atoms with E-state index in [1.165, 1.54) is 6.07 Å². The van der Waals surface area contributed by atoms with Crippen molar-refractivity contribution in [3.63, 3.8) is 0 Å². The molecule has 0 unspecified atom stereocenters. The number of ether oxygens (including phenoxy) is 3. The summed E-state index contributed by atoms with van der Waals surface area (Å²) in [5.74, 6) is -0.283. The zero-order chi connectivity index (χ0) is 17.1. The first-order valence-electron chi connectivity index (χ1n) is 7.20. The maximum Gasteiger partial charge on any atom is 0.342 e. The van der Waals surface area contributed by atoms with Gasteiger partial charge in [0.2, 0.25) is 6.79 Å². The van der Waals surface area contributed by atoms with Gasteiger partial charge < -0.3 is 24.6 Å². The predicted molar refractivity (Wildman–Crippen MR) is 84.3 cm³/mol. The molecule has 1 heterocycles. The number of phenolic OH excluding ortho intramolecular Hbond substituents is 1. The first kappa shape index (κ1) is 15.7. The number of rotatable bonds is 4. The summed E-state index contributed by atoms with van der Waals surface area (Å²) in [5.41, 5.74) is 1.07. The van der Waals surface area contributed by atoms with Crippen molar-refractivity contribution in [3.05, 3.63) is 47.5 Å². The van der Waals surface area contributed by atoms with Gasteiger partial charge in [-0.3, -0.25) is 4.79 Å². The summed E-state index contributed by atoms with van der Waals surface area (Å²) < 4.78 is 15.3. The van der Waals surface area contributed by atoms with Crippen molar-refractivity contribution in [2.75, 3.05) is 18.7 Å². The number of aromatic hydroxyl groups is 1. The van der Waals surface area contributed by atoms with Gasteiger partial charge in [0, 0.05) is 11.8 Å². The van der Waals surface area contributed by atoms with Crippen molar-refractivity contribution in [1.29, 1.82) is 0 Å². The standard InChI is InChI=1S/C17H15NO6/c1-10-3-2-4-12(16(10)20)17(21)22-8-15(19)18-11-5-6-13-14(7-11)24-9-23-13/h2-7,20H,8-9H2,1H3,(H,18,19). The van der Waals surface area contributed by atoms with Gasteiger partial charge in [0.1, 0.15) is 11.3 Å². The zero-order valence-corrected chi connectivity index (χ0v) is 12.9. The summed E-state index contributed by atoms with van der Waals surface area (Å²) in [6, 6.07) is 9.67. The molecule has 7 nitrogen and oxygen atoms in total. The number of aryl methyl sites for hydroxylation is 1. The molecule has 124 valence electrons. The first-order chi connectivity index (χ1) is 11.5. The van der Waals surface area contributed by atoms with Crippen LogP contribution in [0.3, 0.4) is 0 Å². The molecular weight excluding hydrogens is 314 g/mol. The number of amides is 1. The summed E-state index contributed by atoms with van der Waals surface area (Å²) in [4.78, 5) is 23.8. The number of anilines is 1. The zero-order valence-electron chi connectivity index (χ0n) is 12.9. The highest BCUT2D eigenvalue weighted by molar-refractivity contribution is 5.97. The van der Waals surface area contributed by atoms with Gasteiger partial charge >= 0.3 is 5.97 Å². The molecule has 1 aliphatic heterocycles. The van der Waals surface area contributed by atoms with Gasteiger partial charge in [-0.15, -0.1) is 0 Å². The third-order valence-electron chi connectivity index (χ3n) is 3.45. The molecule has 3 rings (SSSR count). The predicted octanol–water partition coefficient (Wildman–Crippen LogP) is 2.22. The number of carbonyl (C=O) groups excluding carboxylic acids is 2. The van der Waals surface area contributed by atoms with Gasteiger partial charge in [0.25, 0.3) is 5.91 Å². The second-order valence-electron chi connectivity index (χ2n) is 5.16. The summed E-state index contributed by atoms with van der Waals surface area (Å²) in [6.45, 7) is 1.34. The van der Waals surface area contributed by atoms with E-state index < -0.39 is 18.5 Å². The fraction of sp³-hybridized carbons (Fsp3) is 0.176. The SMILES string of the molecule is Cc1cccc(C(=O)OCC(=O)Nc2ccc3c(c2)OCO3)c1O. The molecule has 0 bridgehead atoms. The maximum absolute atomic E-state index is 11.9. The Morgan fingerprint density at radius 1 is 1.21 bits per heavy atom. The third kappa shape index (κ3) is 3.24. The van der Waals surface area contributed by atoms with E-state index in [9.17, 15) is 14.7 Å². The van der Waals surface area contributed by atoms with Crippen LogP contribution in [0.1, 0.15) is 15.9 Å². The molecule has 0 saturated heterocycles. The fourth-order valence-electron chi connectivity index (χ4n) is 2.20. The van der Waals surface area contributed by atoms with E-state index in [2.05, 4.69) is 5.32 Å². The van der Waals surface area contributed by atoms with Crippen LogP contribution in [0.5, 0.6) is 17.2 Å². The number of benzene rings is 2. The lowest BCUT2D eigenvalue weighted by Gasteiger charge is -2.09. The van der Waals surface area contributed by atoms with Crippen LogP contribution in [0.25, 0.3) is 0 Å². The van der Waals surface area contributed by atoms with E-state index in [1.807, 2.05) is 0 Å². The van der Waals surface area contributed by atoms with Crippen LogP contribution in [-0.2, 0) is 9.53 Å². The number of para-hydroxylation sites is 1. The smallest absolute Gasteiger partial charge is 0.342 e. The third-order valence-corrected chi connectivity index (χ3v) is 3.45. The van der Waals surface area contributed by atoms with Gasteiger partial charge in [-0.05, 0) is 30.7 Å². The number of carbonyl (C=O) groups is 2. The van der Waals surface area contributed by atoms with Gasteiger partial charge in [0.15, 0.2) is 18.1 Å². The average Bonchev–Trinajstić information content (AvgIpc) is 3.03. The van der Waals surface area contributed by atoms with Crippen molar-refractivity contribution < 1.29 is 28.9 Å². The Balaban J connectivity index is 1.57. The molecule has 0 saturated carbocycles. The minimum atomic E-state index is -0.767. The molecule has 1 amide bonds. The van der Waals surface area contributed by atoms with Crippen LogP contribution in [-0.4, -0.2) is 30.4 Å². The highest BCUT2D eigenvalue weighted by Gasteiger charge is 2.17. The lowest BCUT2D eigenvalue weighted by Crippen LogP contribution is -2.21. The molecule has 2 N–H and O–H groups in total. The Labute approximate surface area is 137 Å². The van der Waals surface area contributed by atoms with Crippen molar-refractivity contribution in [2.24, 2.45) is 0 Å².